The van der Waals surface area contributed by atoms with Crippen LogP contribution in [0.25, 0.3) is 10.4 Å². The molecule has 6 nitrogen and oxygen atoms in total. The molecule has 0 aliphatic carbocycles. The smallest absolute Gasteiger partial charge is 0.228 e. The molecule has 144 valence electrons. The lowest BCUT2D eigenvalue weighted by Gasteiger charge is -2.12. The number of rotatable bonds is 6. The Bertz CT molecular complexity index is 1040. The Morgan fingerprint density at radius 3 is 3.00 bits per heavy atom. The van der Waals surface area contributed by atoms with Gasteiger partial charge < -0.3 is 21.5 Å². The molecule has 5 N–H and O–H groups in total. The fourth-order valence-corrected chi connectivity index (χ4v) is 3.96. The highest BCUT2D eigenvalue weighted by atomic mass is 32.1. The number of amides is 1. The maximum atomic E-state index is 13.4. The van der Waals surface area contributed by atoms with Gasteiger partial charge in [-0.1, -0.05) is 23.5 Å². The molecule has 1 aliphatic heterocycles. The van der Waals surface area contributed by atoms with Gasteiger partial charge >= 0.3 is 0 Å². The summed E-state index contributed by atoms with van der Waals surface area (Å²) in [5, 5.41) is 16.0. The van der Waals surface area contributed by atoms with E-state index in [9.17, 15) is 14.3 Å². The van der Waals surface area contributed by atoms with Crippen LogP contribution in [0.5, 0.6) is 5.75 Å². The van der Waals surface area contributed by atoms with E-state index in [0.717, 1.165) is 32.4 Å². The molecule has 0 spiro atoms. The third-order valence-corrected chi connectivity index (χ3v) is 5.55. The van der Waals surface area contributed by atoms with Gasteiger partial charge in [0.1, 0.15) is 0 Å². The van der Waals surface area contributed by atoms with Gasteiger partial charge in [0, 0.05) is 24.5 Å². The molecule has 8 heteroatoms. The van der Waals surface area contributed by atoms with E-state index in [1.807, 2.05) is 18.2 Å². The van der Waals surface area contributed by atoms with Crippen LogP contribution in [0.15, 0.2) is 42.6 Å². The van der Waals surface area contributed by atoms with Gasteiger partial charge in [0.2, 0.25) is 5.91 Å². The maximum absolute atomic E-state index is 13.4. The van der Waals surface area contributed by atoms with Crippen LogP contribution in [0.3, 0.4) is 0 Å². The fourth-order valence-electron chi connectivity index (χ4n) is 3.14. The van der Waals surface area contributed by atoms with E-state index in [-0.39, 0.29) is 17.7 Å². The molecule has 2 heterocycles. The quantitative estimate of drug-likeness (QED) is 0.511. The number of phenols is 1. The van der Waals surface area contributed by atoms with Crippen LogP contribution < -0.4 is 16.4 Å². The number of aromatic hydroxyl groups is 1. The van der Waals surface area contributed by atoms with Gasteiger partial charge in [-0.05, 0) is 47.4 Å². The summed E-state index contributed by atoms with van der Waals surface area (Å²) in [5.41, 5.74) is 9.73. The van der Waals surface area contributed by atoms with Crippen LogP contribution in [0.1, 0.15) is 11.1 Å². The van der Waals surface area contributed by atoms with Crippen molar-refractivity contribution in [2.75, 3.05) is 17.2 Å². The van der Waals surface area contributed by atoms with Crippen molar-refractivity contribution in [2.45, 2.75) is 18.9 Å². The normalized spacial score (nSPS) is 13.9. The van der Waals surface area contributed by atoms with Crippen molar-refractivity contribution in [3.05, 3.63) is 59.5 Å². The minimum absolute atomic E-state index is 0.0151. The van der Waals surface area contributed by atoms with Crippen LogP contribution in [0, 0.1) is 5.82 Å². The summed E-state index contributed by atoms with van der Waals surface area (Å²) in [6.45, 7) is 0.484. The maximum Gasteiger partial charge on any atom is 0.228 e. The lowest BCUT2D eigenvalue weighted by Crippen LogP contribution is -2.31. The highest BCUT2D eigenvalue weighted by Gasteiger charge is 2.18. The summed E-state index contributed by atoms with van der Waals surface area (Å²) in [6, 6.07) is 9.94. The molecule has 4 rings (SSSR count). The van der Waals surface area contributed by atoms with Crippen molar-refractivity contribution in [3.8, 4) is 16.2 Å². The number of halogens is 1. The topological polar surface area (TPSA) is 100 Å². The minimum atomic E-state index is -0.645. The summed E-state index contributed by atoms with van der Waals surface area (Å²) < 4.78 is 13.4. The monoisotopic (exact) mass is 398 g/mol. The number of hydrogen-bond acceptors (Lipinski definition) is 6. The Morgan fingerprint density at radius 2 is 2.18 bits per heavy atom. The zero-order valence-electron chi connectivity index (χ0n) is 14.9. The molecular formula is C20H19FN4O2S. The standard InChI is InChI=1S/C20H19FN4O2S/c21-15-6-11(1-4-17(15)26)5-14(22)9-23-20-24-10-18(28-20)12-2-3-16-13(7-12)8-19(27)25-16/h1-4,6-7,10,14,26H,5,8-9,22H2,(H,23,24)(H,25,27). The number of thiazole rings is 1. The van der Waals surface area contributed by atoms with Gasteiger partial charge in [-0.15, -0.1) is 0 Å². The zero-order valence-corrected chi connectivity index (χ0v) is 15.7. The van der Waals surface area contributed by atoms with Crippen molar-refractivity contribution in [1.29, 1.82) is 0 Å². The lowest BCUT2D eigenvalue weighted by atomic mass is 10.1. The molecule has 3 aromatic rings. The average molecular weight is 398 g/mol. The second-order valence-electron chi connectivity index (χ2n) is 6.76. The molecular weight excluding hydrogens is 379 g/mol. The Morgan fingerprint density at radius 1 is 1.32 bits per heavy atom. The number of anilines is 2. The highest BCUT2D eigenvalue weighted by molar-refractivity contribution is 7.18. The first-order chi connectivity index (χ1) is 13.5. The second kappa shape index (κ2) is 7.57. The van der Waals surface area contributed by atoms with Crippen LogP contribution in [-0.4, -0.2) is 28.6 Å². The van der Waals surface area contributed by atoms with Crippen LogP contribution in [-0.2, 0) is 17.6 Å². The van der Waals surface area contributed by atoms with Gasteiger partial charge in [0.05, 0.1) is 11.3 Å². The largest absolute Gasteiger partial charge is 0.505 e. The minimum Gasteiger partial charge on any atom is -0.505 e. The van der Waals surface area contributed by atoms with Gasteiger partial charge in [-0.25, -0.2) is 9.37 Å². The van der Waals surface area contributed by atoms with Crippen molar-refractivity contribution in [1.82, 2.24) is 4.98 Å². The van der Waals surface area contributed by atoms with Gasteiger partial charge in [0.25, 0.3) is 0 Å². The van der Waals surface area contributed by atoms with E-state index >= 15 is 0 Å². The molecule has 28 heavy (non-hydrogen) atoms. The zero-order chi connectivity index (χ0) is 19.7. The number of nitrogens with one attached hydrogen (secondary N) is 2. The molecule has 0 saturated carbocycles. The summed E-state index contributed by atoms with van der Waals surface area (Å²) in [5.74, 6) is -0.993. The van der Waals surface area contributed by atoms with E-state index in [4.69, 9.17) is 5.73 Å². The molecule has 1 aromatic heterocycles. The van der Waals surface area contributed by atoms with E-state index in [0.29, 0.717) is 19.4 Å². The number of aromatic nitrogens is 1. The van der Waals surface area contributed by atoms with E-state index < -0.39 is 5.82 Å². The SMILES string of the molecule is NC(CNc1ncc(-c2ccc3c(c2)CC(=O)N3)s1)Cc1ccc(O)c(F)c1. The van der Waals surface area contributed by atoms with Gasteiger partial charge in [-0.2, -0.15) is 0 Å². The third-order valence-electron chi connectivity index (χ3n) is 4.55. The van der Waals surface area contributed by atoms with Crippen LogP contribution in [0.2, 0.25) is 0 Å². The van der Waals surface area contributed by atoms with Crippen LogP contribution in [0.4, 0.5) is 15.2 Å². The number of benzene rings is 2. The Kier molecular flexibility index (Phi) is 4.97. The molecule has 0 fully saturated rings. The van der Waals surface area contributed by atoms with E-state index in [2.05, 4.69) is 15.6 Å². The van der Waals surface area contributed by atoms with Crippen molar-refractivity contribution >= 4 is 28.1 Å². The predicted octanol–water partition coefficient (Wildman–Crippen LogP) is 3.13. The summed E-state index contributed by atoms with van der Waals surface area (Å²) in [4.78, 5) is 16.9. The molecule has 0 bridgehead atoms. The molecule has 1 aliphatic rings. The first kappa shape index (κ1) is 18.4. The number of nitrogens with two attached hydrogens (primary N) is 1. The summed E-state index contributed by atoms with van der Waals surface area (Å²) in [7, 11) is 0. The molecule has 2 aromatic carbocycles. The van der Waals surface area contributed by atoms with Gasteiger partial charge in [0.15, 0.2) is 16.7 Å². The van der Waals surface area contributed by atoms with Gasteiger partial charge in [-0.3, -0.25) is 4.79 Å². The average Bonchev–Trinajstić information content (AvgIpc) is 3.28. The first-order valence-electron chi connectivity index (χ1n) is 8.84. The molecule has 1 atom stereocenters. The van der Waals surface area contributed by atoms with Crippen molar-refractivity contribution in [2.24, 2.45) is 5.73 Å². The van der Waals surface area contributed by atoms with E-state index in [1.165, 1.54) is 23.5 Å². The number of carbonyl (C=O) groups is 1. The highest BCUT2D eigenvalue weighted by Crippen LogP contribution is 2.33. The number of fused-ring (bicyclic) bond motifs is 1. The third kappa shape index (κ3) is 3.97. The van der Waals surface area contributed by atoms with Crippen molar-refractivity contribution < 1.29 is 14.3 Å². The Balaban J connectivity index is 1.36. The second-order valence-corrected chi connectivity index (χ2v) is 7.79. The predicted molar refractivity (Wildman–Crippen MR) is 108 cm³/mol. The number of hydrogen-bond donors (Lipinski definition) is 4. The van der Waals surface area contributed by atoms with Crippen LogP contribution >= 0.6 is 11.3 Å². The number of nitrogens with zero attached hydrogens (tertiary/aromatic N) is 1. The van der Waals surface area contributed by atoms with E-state index in [1.54, 1.807) is 12.3 Å². The molecule has 0 radical (unpaired) electrons. The number of carbonyl (C=O) groups excluding carboxylic acids is 1. The first-order valence-corrected chi connectivity index (χ1v) is 9.65. The number of phenolic OH excluding ortho intramolecular Hbond substituents is 1. The van der Waals surface area contributed by atoms with Crippen molar-refractivity contribution in [3.63, 3.8) is 0 Å². The Hall–Kier alpha value is -2.97. The summed E-state index contributed by atoms with van der Waals surface area (Å²) in [6.07, 6.45) is 2.67. The molecule has 0 saturated heterocycles. The lowest BCUT2D eigenvalue weighted by molar-refractivity contribution is -0.115. The Labute approximate surface area is 165 Å². The summed E-state index contributed by atoms with van der Waals surface area (Å²) >= 11 is 1.51. The molecule has 1 unspecified atom stereocenters. The molecule has 1 amide bonds. The fraction of sp³-hybridized carbons (Fsp3) is 0.200.